The Balaban J connectivity index is 2.05. The molecule has 0 radical (unpaired) electrons. The van der Waals surface area contributed by atoms with E-state index in [0.717, 1.165) is 6.07 Å². The van der Waals surface area contributed by atoms with Crippen LogP contribution < -0.4 is 15.8 Å². The van der Waals surface area contributed by atoms with Crippen molar-refractivity contribution >= 4 is 34.1 Å². The summed E-state index contributed by atoms with van der Waals surface area (Å²) in [6, 6.07) is 11.3. The van der Waals surface area contributed by atoms with Crippen LogP contribution in [-0.4, -0.2) is 31.7 Å². The van der Waals surface area contributed by atoms with E-state index in [4.69, 9.17) is 5.14 Å². The minimum Gasteiger partial charge on any atom is -0.324 e. The Kier molecular flexibility index (Phi) is 5.96. The molecule has 164 valence electrons. The molecule has 12 heteroatoms. The summed E-state index contributed by atoms with van der Waals surface area (Å²) in [6.45, 7) is 3.24. The highest BCUT2D eigenvalue weighted by molar-refractivity contribution is 7.89. The molecule has 0 fully saturated rings. The van der Waals surface area contributed by atoms with Gasteiger partial charge < -0.3 is 9.88 Å². The smallest absolute Gasteiger partial charge is 0.324 e. The second-order valence-electron chi connectivity index (χ2n) is 7.05. The van der Waals surface area contributed by atoms with Crippen LogP contribution in [0.2, 0.25) is 0 Å². The van der Waals surface area contributed by atoms with Crippen LogP contribution in [0.25, 0.3) is 11.3 Å². The number of rotatable bonds is 5. The van der Waals surface area contributed by atoms with E-state index >= 15 is 0 Å². The molecule has 3 N–H and O–H groups in total. The van der Waals surface area contributed by atoms with Gasteiger partial charge in [0.15, 0.2) is 0 Å². The fourth-order valence-corrected chi connectivity index (χ4v) is 4.15. The van der Waals surface area contributed by atoms with Gasteiger partial charge in [-0.25, -0.2) is 23.5 Å². The van der Waals surface area contributed by atoms with Gasteiger partial charge in [-0.2, -0.15) is 13.2 Å². The average molecular weight is 470 g/mol. The zero-order valence-corrected chi connectivity index (χ0v) is 18.1. The molecule has 0 spiro atoms. The number of primary sulfonamides is 1. The number of halogens is 3. The molecule has 0 unspecified atom stereocenters. The van der Waals surface area contributed by atoms with Gasteiger partial charge in [0.25, 0.3) is 0 Å². The average Bonchev–Trinajstić information content (AvgIpc) is 2.66. The van der Waals surface area contributed by atoms with Gasteiger partial charge in [-0.15, -0.1) is 0 Å². The summed E-state index contributed by atoms with van der Waals surface area (Å²) in [5.41, 5.74) is -1.24. The van der Waals surface area contributed by atoms with E-state index in [2.05, 4.69) is 15.3 Å². The number of aromatic nitrogens is 2. The molecule has 1 aromatic heterocycles. The van der Waals surface area contributed by atoms with Gasteiger partial charge in [0.2, 0.25) is 16.0 Å². The predicted octanol–water partition coefficient (Wildman–Crippen LogP) is 3.80. The number of nitrogens with two attached hydrogens (primary N) is 1. The molecule has 31 heavy (non-hydrogen) atoms. The molecule has 0 aliphatic carbocycles. The lowest BCUT2D eigenvalue weighted by Gasteiger charge is -2.14. The van der Waals surface area contributed by atoms with Crippen LogP contribution in [0.5, 0.6) is 0 Å². The molecular formula is C19H18F3N4O3PS. The lowest BCUT2D eigenvalue weighted by molar-refractivity contribution is -0.137. The number of alkyl halides is 3. The van der Waals surface area contributed by atoms with Crippen molar-refractivity contribution in [3.05, 3.63) is 60.3 Å². The number of nitrogens with zero attached hydrogens (tertiary/aromatic N) is 2. The van der Waals surface area contributed by atoms with E-state index in [-0.39, 0.29) is 16.4 Å². The van der Waals surface area contributed by atoms with Crippen LogP contribution in [0.4, 0.5) is 24.8 Å². The number of anilines is 2. The Morgan fingerprint density at radius 1 is 1.06 bits per heavy atom. The van der Waals surface area contributed by atoms with E-state index in [0.29, 0.717) is 17.2 Å². The van der Waals surface area contributed by atoms with Gasteiger partial charge in [0.05, 0.1) is 10.6 Å². The number of hydrogen-bond acceptors (Lipinski definition) is 6. The fourth-order valence-electron chi connectivity index (χ4n) is 2.72. The summed E-state index contributed by atoms with van der Waals surface area (Å²) in [7, 11) is -6.58. The third kappa shape index (κ3) is 5.49. The molecule has 1 heterocycles. The number of benzene rings is 2. The van der Waals surface area contributed by atoms with Crippen molar-refractivity contribution in [3.8, 4) is 11.3 Å². The summed E-state index contributed by atoms with van der Waals surface area (Å²) < 4.78 is 75.8. The van der Waals surface area contributed by atoms with Crippen LogP contribution >= 0.6 is 7.14 Å². The summed E-state index contributed by atoms with van der Waals surface area (Å²) in [5.74, 6) is -0.132. The fraction of sp³-hybridized carbons (Fsp3) is 0.158. The molecule has 7 nitrogen and oxygen atoms in total. The summed E-state index contributed by atoms with van der Waals surface area (Å²) in [4.78, 5) is 7.35. The van der Waals surface area contributed by atoms with Gasteiger partial charge in [-0.1, -0.05) is 12.1 Å². The van der Waals surface area contributed by atoms with Crippen molar-refractivity contribution in [1.29, 1.82) is 0 Å². The topological polar surface area (TPSA) is 115 Å². The monoisotopic (exact) mass is 470 g/mol. The summed E-state index contributed by atoms with van der Waals surface area (Å²) in [5, 5.41) is 8.53. The molecule has 3 aromatic rings. The van der Waals surface area contributed by atoms with Gasteiger partial charge in [0, 0.05) is 22.8 Å². The molecule has 0 aliphatic heterocycles. The highest BCUT2D eigenvalue weighted by Crippen LogP contribution is 2.37. The number of sulfonamides is 1. The van der Waals surface area contributed by atoms with Crippen molar-refractivity contribution in [3.63, 3.8) is 0 Å². The number of hydrogen-bond donors (Lipinski definition) is 2. The molecule has 0 saturated heterocycles. The van der Waals surface area contributed by atoms with E-state index in [1.165, 1.54) is 18.2 Å². The molecular weight excluding hydrogens is 452 g/mol. The molecule has 0 amide bonds. The largest absolute Gasteiger partial charge is 0.419 e. The van der Waals surface area contributed by atoms with Gasteiger partial charge in [-0.05, 0) is 49.7 Å². The third-order valence-electron chi connectivity index (χ3n) is 4.28. The van der Waals surface area contributed by atoms with E-state index in [9.17, 15) is 26.2 Å². The molecule has 2 aromatic carbocycles. The van der Waals surface area contributed by atoms with Crippen molar-refractivity contribution in [1.82, 2.24) is 9.97 Å². The highest BCUT2D eigenvalue weighted by atomic mass is 32.2. The minimum absolute atomic E-state index is 0.0856. The highest BCUT2D eigenvalue weighted by Gasteiger charge is 2.35. The Bertz CT molecular complexity index is 1270. The van der Waals surface area contributed by atoms with Crippen molar-refractivity contribution in [2.75, 3.05) is 18.6 Å². The van der Waals surface area contributed by atoms with Crippen molar-refractivity contribution in [2.45, 2.75) is 11.1 Å². The van der Waals surface area contributed by atoms with Crippen molar-refractivity contribution < 1.29 is 26.2 Å². The molecule has 0 aliphatic rings. The van der Waals surface area contributed by atoms with Crippen LogP contribution in [0.1, 0.15) is 5.56 Å². The molecule has 3 rings (SSSR count). The van der Waals surface area contributed by atoms with E-state index in [1.54, 1.807) is 37.6 Å². The predicted molar refractivity (Wildman–Crippen MR) is 113 cm³/mol. The third-order valence-corrected chi connectivity index (χ3v) is 6.73. The maximum Gasteiger partial charge on any atom is 0.419 e. The SMILES string of the molecule is CP(C)(=O)c1ccc(Nc2ncc(C(F)(F)F)c(-c3cccc(S(N)(=O)=O)c3)n2)cc1. The Labute approximate surface area is 177 Å². The van der Waals surface area contributed by atoms with Gasteiger partial charge in [0.1, 0.15) is 12.7 Å². The first-order valence-corrected chi connectivity index (χ1v) is 12.9. The Morgan fingerprint density at radius 2 is 1.71 bits per heavy atom. The lowest BCUT2D eigenvalue weighted by atomic mass is 10.1. The zero-order chi connectivity index (χ0) is 23.0. The maximum atomic E-state index is 13.5. The second-order valence-corrected chi connectivity index (χ2v) is 11.8. The molecule has 0 atom stereocenters. The number of nitrogens with one attached hydrogen (secondary N) is 1. The summed E-state index contributed by atoms with van der Waals surface area (Å²) >= 11 is 0. The first-order valence-electron chi connectivity index (χ1n) is 8.75. The first-order chi connectivity index (χ1) is 14.2. The Hall–Kier alpha value is -2.75. The van der Waals surface area contributed by atoms with Crippen LogP contribution in [0.3, 0.4) is 0 Å². The quantitative estimate of drug-likeness (QED) is 0.548. The maximum absolute atomic E-state index is 13.5. The molecule has 0 saturated carbocycles. The van der Waals surface area contributed by atoms with Crippen LogP contribution in [-0.2, 0) is 20.8 Å². The Morgan fingerprint density at radius 3 is 2.26 bits per heavy atom. The van der Waals surface area contributed by atoms with E-state index < -0.39 is 34.6 Å². The first kappa shape index (κ1) is 22.9. The normalized spacial score (nSPS) is 12.6. The van der Waals surface area contributed by atoms with Crippen molar-refractivity contribution in [2.24, 2.45) is 5.14 Å². The van der Waals surface area contributed by atoms with Crippen LogP contribution in [0, 0.1) is 0 Å². The molecule has 0 bridgehead atoms. The van der Waals surface area contributed by atoms with Gasteiger partial charge >= 0.3 is 6.18 Å². The summed E-state index contributed by atoms with van der Waals surface area (Å²) in [6.07, 6.45) is -4.15. The van der Waals surface area contributed by atoms with Gasteiger partial charge in [-0.3, -0.25) is 0 Å². The zero-order valence-electron chi connectivity index (χ0n) is 16.4. The standard InChI is InChI=1S/C19H18F3N4O3PS/c1-30(2,27)14-8-6-13(7-9-14)25-18-24-11-16(19(20,21)22)17(26-18)12-4-3-5-15(10-12)31(23,28)29/h3-11H,1-2H3,(H2,23,28,29)(H,24,25,26). The minimum atomic E-state index is -4.77. The van der Waals surface area contributed by atoms with Crippen LogP contribution in [0.15, 0.2) is 59.6 Å². The second kappa shape index (κ2) is 8.07. The van der Waals surface area contributed by atoms with E-state index in [1.807, 2.05) is 0 Å². The lowest BCUT2D eigenvalue weighted by Crippen LogP contribution is -2.13.